The van der Waals surface area contributed by atoms with Gasteiger partial charge in [-0.05, 0) is 66.8 Å². The van der Waals surface area contributed by atoms with Gasteiger partial charge in [0.2, 0.25) is 10.0 Å². The molecule has 39 heavy (non-hydrogen) atoms. The van der Waals surface area contributed by atoms with Crippen molar-refractivity contribution in [2.75, 3.05) is 31.7 Å². The van der Waals surface area contributed by atoms with Crippen molar-refractivity contribution in [1.29, 1.82) is 0 Å². The number of anilines is 1. The number of carbonyl (C=O) groups is 1. The zero-order valence-corrected chi connectivity index (χ0v) is 23.2. The van der Waals surface area contributed by atoms with Crippen LogP contribution in [0.5, 0.6) is 5.75 Å². The molecule has 2 aliphatic rings. The molecule has 0 aliphatic carbocycles. The Morgan fingerprint density at radius 2 is 1.92 bits per heavy atom. The molecule has 1 saturated heterocycles. The summed E-state index contributed by atoms with van der Waals surface area (Å²) in [6.07, 6.45) is 2.44. The summed E-state index contributed by atoms with van der Waals surface area (Å²) >= 11 is 1.43. The Bertz CT molecular complexity index is 1610. The fourth-order valence-corrected chi connectivity index (χ4v) is 7.50. The van der Waals surface area contributed by atoms with Crippen LogP contribution in [0.4, 0.5) is 5.13 Å². The van der Waals surface area contributed by atoms with Gasteiger partial charge in [-0.3, -0.25) is 9.69 Å². The van der Waals surface area contributed by atoms with Crippen LogP contribution < -0.4 is 9.64 Å². The van der Waals surface area contributed by atoms with E-state index in [-0.39, 0.29) is 16.9 Å². The number of sulfonamides is 1. The minimum atomic E-state index is -3.70. The third-order valence-electron chi connectivity index (χ3n) is 7.30. The number of benzene rings is 3. The summed E-state index contributed by atoms with van der Waals surface area (Å²) in [7, 11) is -2.09. The van der Waals surface area contributed by atoms with E-state index in [9.17, 15) is 13.2 Å². The lowest BCUT2D eigenvalue weighted by atomic mass is 10.0. The number of amides is 1. The van der Waals surface area contributed by atoms with Gasteiger partial charge in [0, 0.05) is 31.3 Å². The number of ether oxygens (including phenoxy) is 2. The largest absolute Gasteiger partial charge is 0.497 e. The van der Waals surface area contributed by atoms with Crippen LogP contribution in [-0.2, 0) is 27.7 Å². The summed E-state index contributed by atoms with van der Waals surface area (Å²) < 4.78 is 40.4. The van der Waals surface area contributed by atoms with Gasteiger partial charge in [0.05, 0.1) is 34.9 Å². The molecule has 2 aliphatic heterocycles. The molecule has 202 valence electrons. The lowest BCUT2D eigenvalue weighted by Crippen LogP contribution is -2.37. The van der Waals surface area contributed by atoms with Gasteiger partial charge in [-0.15, -0.1) is 0 Å². The van der Waals surface area contributed by atoms with Crippen molar-refractivity contribution in [3.05, 3.63) is 83.4 Å². The number of fused-ring (bicyclic) bond motifs is 2. The monoisotopic (exact) mass is 563 g/mol. The maximum atomic E-state index is 13.8. The van der Waals surface area contributed by atoms with Gasteiger partial charge in [-0.1, -0.05) is 35.6 Å². The Kier molecular flexibility index (Phi) is 7.11. The van der Waals surface area contributed by atoms with E-state index in [4.69, 9.17) is 14.5 Å². The predicted molar refractivity (Wildman–Crippen MR) is 151 cm³/mol. The Balaban J connectivity index is 1.26. The van der Waals surface area contributed by atoms with Crippen molar-refractivity contribution < 1.29 is 22.7 Å². The lowest BCUT2D eigenvalue weighted by Gasteiger charge is -2.28. The molecule has 0 radical (unpaired) electrons. The molecule has 0 N–H and O–H groups in total. The van der Waals surface area contributed by atoms with Gasteiger partial charge in [0.1, 0.15) is 5.75 Å². The second kappa shape index (κ2) is 10.7. The molecular weight excluding hydrogens is 534 g/mol. The highest BCUT2D eigenvalue weighted by molar-refractivity contribution is 7.89. The van der Waals surface area contributed by atoms with Gasteiger partial charge in [0.15, 0.2) is 5.13 Å². The van der Waals surface area contributed by atoms with Crippen molar-refractivity contribution >= 4 is 42.6 Å². The molecule has 0 saturated carbocycles. The first-order chi connectivity index (χ1) is 18.9. The third-order valence-corrected chi connectivity index (χ3v) is 10.2. The molecule has 1 fully saturated rings. The summed E-state index contributed by atoms with van der Waals surface area (Å²) in [5.74, 6) is 0.456. The molecule has 0 spiro atoms. The van der Waals surface area contributed by atoms with Crippen LogP contribution in [0.2, 0.25) is 0 Å². The van der Waals surface area contributed by atoms with E-state index in [2.05, 4.69) is 0 Å². The molecule has 1 amide bonds. The highest BCUT2D eigenvalue weighted by Crippen LogP contribution is 2.33. The van der Waals surface area contributed by atoms with E-state index in [1.165, 1.54) is 33.3 Å². The van der Waals surface area contributed by atoms with Gasteiger partial charge in [-0.2, -0.15) is 4.31 Å². The molecule has 8 nitrogen and oxygen atoms in total. The molecular formula is C29H29N3O5S2. The smallest absolute Gasteiger partial charge is 0.260 e. The Labute approximate surface area is 231 Å². The number of thiazole rings is 1. The van der Waals surface area contributed by atoms with Gasteiger partial charge in [0.25, 0.3) is 5.91 Å². The van der Waals surface area contributed by atoms with Gasteiger partial charge < -0.3 is 9.47 Å². The third kappa shape index (κ3) is 5.17. The van der Waals surface area contributed by atoms with Crippen LogP contribution >= 0.6 is 11.3 Å². The van der Waals surface area contributed by atoms with E-state index < -0.39 is 10.0 Å². The van der Waals surface area contributed by atoms with Crippen molar-refractivity contribution in [3.63, 3.8) is 0 Å². The fraction of sp³-hybridized carbons (Fsp3) is 0.310. The maximum absolute atomic E-state index is 13.8. The second-order valence-electron chi connectivity index (χ2n) is 9.76. The number of hydrogen-bond donors (Lipinski definition) is 0. The zero-order chi connectivity index (χ0) is 27.0. The van der Waals surface area contributed by atoms with Crippen molar-refractivity contribution in [1.82, 2.24) is 9.29 Å². The minimum Gasteiger partial charge on any atom is -0.497 e. The lowest BCUT2D eigenvalue weighted by molar-refractivity contribution is 0.0917. The number of carbonyl (C=O) groups excluding carboxylic acids is 1. The van der Waals surface area contributed by atoms with E-state index in [0.29, 0.717) is 49.1 Å². The summed E-state index contributed by atoms with van der Waals surface area (Å²) in [6, 6.07) is 19.8. The maximum Gasteiger partial charge on any atom is 0.260 e. The summed E-state index contributed by atoms with van der Waals surface area (Å²) in [5, 5.41) is 0.572. The average molecular weight is 564 g/mol. The summed E-state index contributed by atoms with van der Waals surface area (Å²) in [5.41, 5.74) is 3.36. The van der Waals surface area contributed by atoms with E-state index in [0.717, 1.165) is 28.6 Å². The molecule has 4 aromatic rings. The fourth-order valence-electron chi connectivity index (χ4n) is 5.13. The van der Waals surface area contributed by atoms with Crippen molar-refractivity contribution in [2.45, 2.75) is 36.8 Å². The van der Waals surface area contributed by atoms with Crippen LogP contribution in [0.1, 0.15) is 34.3 Å². The molecule has 3 aromatic carbocycles. The zero-order valence-electron chi connectivity index (χ0n) is 21.6. The number of methoxy groups -OCH3 is 1. The summed E-state index contributed by atoms with van der Waals surface area (Å²) in [4.78, 5) is 20.3. The van der Waals surface area contributed by atoms with Crippen LogP contribution in [0.15, 0.2) is 71.6 Å². The van der Waals surface area contributed by atoms with E-state index in [1.807, 2.05) is 42.5 Å². The number of rotatable bonds is 7. The highest BCUT2D eigenvalue weighted by Gasteiger charge is 2.30. The molecule has 3 heterocycles. The number of aromatic nitrogens is 1. The molecule has 1 unspecified atom stereocenters. The second-order valence-corrected chi connectivity index (χ2v) is 12.7. The van der Waals surface area contributed by atoms with Crippen LogP contribution in [-0.4, -0.2) is 56.5 Å². The molecule has 1 atom stereocenters. The van der Waals surface area contributed by atoms with Crippen LogP contribution in [0, 0.1) is 0 Å². The minimum absolute atomic E-state index is 0.0721. The Morgan fingerprint density at radius 3 is 2.67 bits per heavy atom. The van der Waals surface area contributed by atoms with Gasteiger partial charge in [-0.25, -0.2) is 13.4 Å². The van der Waals surface area contributed by atoms with E-state index in [1.54, 1.807) is 24.1 Å². The SMILES string of the molecule is COc1ccc2sc(N(CC3CCCO3)C(=O)c3ccc(S(=O)(=O)N4CCc5ccccc5C4)cc3)nc2c1. The standard InChI is InChI=1S/C29H29N3O5S2/c1-36-23-10-13-27-26(17-23)30-29(38-27)32(19-24-7-4-16-37-24)28(33)21-8-11-25(12-9-21)39(34,35)31-15-14-20-5-2-3-6-22(20)18-31/h2-3,5-6,8-13,17,24H,4,7,14-16,18-19H2,1H3. The van der Waals surface area contributed by atoms with Crippen molar-refractivity contribution in [3.8, 4) is 5.75 Å². The molecule has 10 heteroatoms. The Hall–Kier alpha value is -3.31. The van der Waals surface area contributed by atoms with Gasteiger partial charge >= 0.3 is 0 Å². The van der Waals surface area contributed by atoms with Crippen LogP contribution in [0.3, 0.4) is 0 Å². The first-order valence-corrected chi connectivity index (χ1v) is 15.2. The van der Waals surface area contributed by atoms with E-state index >= 15 is 0 Å². The molecule has 0 bridgehead atoms. The average Bonchev–Trinajstić information content (AvgIpc) is 3.64. The Morgan fingerprint density at radius 1 is 1.13 bits per heavy atom. The number of hydrogen-bond acceptors (Lipinski definition) is 7. The van der Waals surface area contributed by atoms with Crippen LogP contribution in [0.25, 0.3) is 10.2 Å². The summed E-state index contributed by atoms with van der Waals surface area (Å²) in [6.45, 7) is 1.83. The quantitative estimate of drug-likeness (QED) is 0.319. The topological polar surface area (TPSA) is 89.0 Å². The highest BCUT2D eigenvalue weighted by atomic mass is 32.2. The predicted octanol–water partition coefficient (Wildman–Crippen LogP) is 4.88. The van der Waals surface area contributed by atoms with Crippen molar-refractivity contribution in [2.24, 2.45) is 0 Å². The number of nitrogens with zero attached hydrogens (tertiary/aromatic N) is 3. The normalized spacial score (nSPS) is 17.7. The molecule has 6 rings (SSSR count). The first-order valence-electron chi connectivity index (χ1n) is 13.0. The first kappa shape index (κ1) is 25.9. The molecule has 1 aromatic heterocycles.